The van der Waals surface area contributed by atoms with Crippen molar-refractivity contribution in [2.45, 2.75) is 19.4 Å². The maximum Gasteiger partial charge on any atom is 0.331 e. The number of nitrogens with zero attached hydrogens (tertiary/aromatic N) is 2. The third kappa shape index (κ3) is 2.71. The number of carboxylic acids is 1. The van der Waals surface area contributed by atoms with Crippen LogP contribution >= 0.6 is 0 Å². The SMILES string of the molecule is COc1nc(C)ccc1C(=O)N1CCc2ccccc2[C@@H]1C(=O)O. The Morgan fingerprint density at radius 3 is 2.71 bits per heavy atom. The van der Waals surface area contributed by atoms with Gasteiger partial charge in [-0.15, -0.1) is 0 Å². The van der Waals surface area contributed by atoms with Gasteiger partial charge in [0.25, 0.3) is 5.91 Å². The first-order chi connectivity index (χ1) is 11.5. The lowest BCUT2D eigenvalue weighted by Crippen LogP contribution is -2.43. The number of ether oxygens (including phenoxy) is 1. The van der Waals surface area contributed by atoms with Crippen molar-refractivity contribution >= 4 is 11.9 Å². The predicted molar refractivity (Wildman–Crippen MR) is 87.1 cm³/mol. The Kier molecular flexibility index (Phi) is 4.20. The number of benzene rings is 1. The van der Waals surface area contributed by atoms with Crippen LogP contribution in [0.4, 0.5) is 0 Å². The number of aliphatic carboxylic acids is 1. The molecule has 1 amide bonds. The molecule has 6 heteroatoms. The second-order valence-corrected chi connectivity index (χ2v) is 5.70. The average molecular weight is 326 g/mol. The van der Waals surface area contributed by atoms with Crippen LogP contribution in [0, 0.1) is 6.92 Å². The van der Waals surface area contributed by atoms with Crippen LogP contribution < -0.4 is 4.74 Å². The molecule has 0 bridgehead atoms. The number of carbonyl (C=O) groups is 2. The number of methoxy groups -OCH3 is 1. The fraction of sp³-hybridized carbons (Fsp3) is 0.278. The van der Waals surface area contributed by atoms with Crippen molar-refractivity contribution in [3.05, 3.63) is 58.8 Å². The molecule has 0 radical (unpaired) electrons. The Bertz CT molecular complexity index is 803. The summed E-state index contributed by atoms with van der Waals surface area (Å²) in [6, 6.07) is 9.67. The molecule has 0 spiro atoms. The van der Waals surface area contributed by atoms with Crippen molar-refractivity contribution < 1.29 is 19.4 Å². The van der Waals surface area contributed by atoms with Gasteiger partial charge in [-0.25, -0.2) is 9.78 Å². The van der Waals surface area contributed by atoms with E-state index in [1.807, 2.05) is 12.1 Å². The number of amides is 1. The van der Waals surface area contributed by atoms with Gasteiger partial charge in [-0.3, -0.25) is 4.79 Å². The van der Waals surface area contributed by atoms with Gasteiger partial charge in [0.2, 0.25) is 5.88 Å². The molecule has 2 aromatic rings. The van der Waals surface area contributed by atoms with Crippen LogP contribution in [0.1, 0.15) is 33.2 Å². The third-order valence-corrected chi connectivity index (χ3v) is 4.20. The smallest absolute Gasteiger partial charge is 0.331 e. The van der Waals surface area contributed by atoms with E-state index in [1.165, 1.54) is 12.0 Å². The first kappa shape index (κ1) is 16.0. The van der Waals surface area contributed by atoms with Gasteiger partial charge in [0.05, 0.1) is 7.11 Å². The van der Waals surface area contributed by atoms with Crippen LogP contribution in [0.25, 0.3) is 0 Å². The molecule has 124 valence electrons. The van der Waals surface area contributed by atoms with Gasteiger partial charge in [-0.2, -0.15) is 0 Å². The van der Waals surface area contributed by atoms with E-state index >= 15 is 0 Å². The van der Waals surface area contributed by atoms with E-state index in [1.54, 1.807) is 31.2 Å². The quantitative estimate of drug-likeness (QED) is 0.935. The summed E-state index contributed by atoms with van der Waals surface area (Å²) in [5.74, 6) is -1.22. The number of pyridine rings is 1. The highest BCUT2D eigenvalue weighted by atomic mass is 16.5. The molecule has 1 atom stereocenters. The number of fused-ring (bicyclic) bond motifs is 1. The number of hydrogen-bond acceptors (Lipinski definition) is 4. The molecule has 2 heterocycles. The Morgan fingerprint density at radius 1 is 1.25 bits per heavy atom. The van der Waals surface area contributed by atoms with Gasteiger partial charge in [0, 0.05) is 12.2 Å². The van der Waals surface area contributed by atoms with Crippen molar-refractivity contribution in [1.29, 1.82) is 0 Å². The number of aryl methyl sites for hydroxylation is 1. The van der Waals surface area contributed by atoms with Gasteiger partial charge < -0.3 is 14.7 Å². The average Bonchev–Trinajstić information content (AvgIpc) is 2.59. The molecule has 0 saturated heterocycles. The van der Waals surface area contributed by atoms with Crippen molar-refractivity contribution in [3.8, 4) is 5.88 Å². The van der Waals surface area contributed by atoms with E-state index in [2.05, 4.69) is 4.98 Å². The van der Waals surface area contributed by atoms with Gasteiger partial charge in [-0.05, 0) is 36.6 Å². The molecule has 1 N–H and O–H groups in total. The summed E-state index contributed by atoms with van der Waals surface area (Å²) in [7, 11) is 1.44. The highest BCUT2D eigenvalue weighted by Crippen LogP contribution is 2.32. The predicted octanol–water partition coefficient (Wildman–Crippen LogP) is 2.22. The van der Waals surface area contributed by atoms with Crippen LogP contribution in [-0.2, 0) is 11.2 Å². The fourth-order valence-corrected chi connectivity index (χ4v) is 3.06. The minimum absolute atomic E-state index is 0.211. The standard InChI is InChI=1S/C18H18N2O4/c1-11-7-8-14(16(19-11)24-2)17(21)20-10-9-12-5-3-4-6-13(12)15(20)18(22)23/h3-8,15H,9-10H2,1-2H3,(H,22,23)/t15-/m1/s1. The number of hydrogen-bond donors (Lipinski definition) is 1. The normalized spacial score (nSPS) is 16.4. The highest BCUT2D eigenvalue weighted by molar-refractivity contribution is 5.99. The summed E-state index contributed by atoms with van der Waals surface area (Å²) in [5.41, 5.74) is 2.61. The molecule has 0 aliphatic carbocycles. The van der Waals surface area contributed by atoms with Gasteiger partial charge in [0.1, 0.15) is 5.56 Å². The topological polar surface area (TPSA) is 79.7 Å². The zero-order chi connectivity index (χ0) is 17.3. The van der Waals surface area contributed by atoms with Gasteiger partial charge >= 0.3 is 5.97 Å². The summed E-state index contributed by atoms with van der Waals surface area (Å²) >= 11 is 0. The Labute approximate surface area is 139 Å². The third-order valence-electron chi connectivity index (χ3n) is 4.20. The van der Waals surface area contributed by atoms with E-state index in [9.17, 15) is 14.7 Å². The number of aromatic nitrogens is 1. The van der Waals surface area contributed by atoms with Gasteiger partial charge in [-0.1, -0.05) is 24.3 Å². The molecule has 6 nitrogen and oxygen atoms in total. The molecule has 1 aliphatic heterocycles. The number of rotatable bonds is 3. The highest BCUT2D eigenvalue weighted by Gasteiger charge is 2.37. The summed E-state index contributed by atoms with van der Waals surface area (Å²) in [4.78, 5) is 30.4. The van der Waals surface area contributed by atoms with E-state index < -0.39 is 12.0 Å². The second kappa shape index (κ2) is 6.31. The summed E-state index contributed by atoms with van der Waals surface area (Å²) in [6.07, 6.45) is 0.618. The summed E-state index contributed by atoms with van der Waals surface area (Å²) in [6.45, 7) is 2.14. The molecule has 0 saturated carbocycles. The molecular weight excluding hydrogens is 308 g/mol. The second-order valence-electron chi connectivity index (χ2n) is 5.70. The lowest BCUT2D eigenvalue weighted by Gasteiger charge is -2.35. The molecule has 0 unspecified atom stereocenters. The Balaban J connectivity index is 2.03. The zero-order valence-electron chi connectivity index (χ0n) is 13.5. The van der Waals surface area contributed by atoms with Crippen molar-refractivity contribution in [2.24, 2.45) is 0 Å². The minimum atomic E-state index is -1.05. The Hall–Kier alpha value is -2.89. The largest absolute Gasteiger partial charge is 0.480 e. The minimum Gasteiger partial charge on any atom is -0.480 e. The van der Waals surface area contributed by atoms with E-state index in [0.717, 1.165) is 11.3 Å². The fourth-order valence-electron chi connectivity index (χ4n) is 3.06. The van der Waals surface area contributed by atoms with E-state index in [0.29, 0.717) is 18.5 Å². The monoisotopic (exact) mass is 326 g/mol. The Morgan fingerprint density at radius 2 is 2.00 bits per heavy atom. The molecule has 1 aliphatic rings. The van der Waals surface area contributed by atoms with Crippen LogP contribution in [0.15, 0.2) is 36.4 Å². The summed E-state index contributed by atoms with van der Waals surface area (Å²) < 4.78 is 5.20. The van der Waals surface area contributed by atoms with Crippen LogP contribution in [0.2, 0.25) is 0 Å². The molecule has 1 aromatic carbocycles. The van der Waals surface area contributed by atoms with Crippen LogP contribution in [0.5, 0.6) is 5.88 Å². The van der Waals surface area contributed by atoms with Gasteiger partial charge in [0.15, 0.2) is 6.04 Å². The maximum atomic E-state index is 13.0. The maximum absolute atomic E-state index is 13.0. The molecule has 0 fully saturated rings. The van der Waals surface area contributed by atoms with Crippen LogP contribution in [-0.4, -0.2) is 40.5 Å². The molecule has 24 heavy (non-hydrogen) atoms. The lowest BCUT2D eigenvalue weighted by molar-refractivity contribution is -0.143. The van der Waals surface area contributed by atoms with Crippen molar-refractivity contribution in [2.75, 3.05) is 13.7 Å². The first-order valence-electron chi connectivity index (χ1n) is 7.66. The molecule has 1 aromatic heterocycles. The van der Waals surface area contributed by atoms with Crippen LogP contribution in [0.3, 0.4) is 0 Å². The molecule has 3 rings (SSSR count). The van der Waals surface area contributed by atoms with E-state index in [4.69, 9.17) is 4.74 Å². The number of carbonyl (C=O) groups excluding carboxylic acids is 1. The first-order valence-corrected chi connectivity index (χ1v) is 7.66. The molecular formula is C18H18N2O4. The van der Waals surface area contributed by atoms with Crippen molar-refractivity contribution in [1.82, 2.24) is 9.88 Å². The number of carboxylic acid groups (broad SMARTS) is 1. The van der Waals surface area contributed by atoms with Crippen molar-refractivity contribution in [3.63, 3.8) is 0 Å². The van der Waals surface area contributed by atoms with E-state index in [-0.39, 0.29) is 17.4 Å². The lowest BCUT2D eigenvalue weighted by atomic mass is 9.92. The zero-order valence-corrected chi connectivity index (χ0v) is 13.5. The summed E-state index contributed by atoms with van der Waals surface area (Å²) in [5, 5.41) is 9.68.